The average molecular weight is 278 g/mol. The first kappa shape index (κ1) is 14.3. The Hall–Kier alpha value is -0.720. The van der Waals surface area contributed by atoms with Crippen LogP contribution in [0.5, 0.6) is 0 Å². The van der Waals surface area contributed by atoms with E-state index in [1.54, 1.807) is 20.8 Å². The van der Waals surface area contributed by atoms with Crippen molar-refractivity contribution in [2.24, 2.45) is 4.40 Å². The SMILES string of the molecule is C/C(=N\[S@+]([O-])C(C)(C)C)c1nc(Cl)ncc1F. The maximum Gasteiger partial charge on any atom is 0.223 e. The molecule has 94 valence electrons. The van der Waals surface area contributed by atoms with Crippen LogP contribution in [-0.4, -0.2) is 25.0 Å². The van der Waals surface area contributed by atoms with E-state index in [-0.39, 0.29) is 16.7 Å². The van der Waals surface area contributed by atoms with Gasteiger partial charge in [0.15, 0.2) is 5.82 Å². The highest BCUT2D eigenvalue weighted by Gasteiger charge is 2.27. The predicted molar refractivity (Wildman–Crippen MR) is 67.1 cm³/mol. The Kier molecular flexibility index (Phi) is 4.46. The van der Waals surface area contributed by atoms with Crippen LogP contribution in [0.4, 0.5) is 4.39 Å². The summed E-state index contributed by atoms with van der Waals surface area (Å²) in [5, 5.41) is -0.0718. The van der Waals surface area contributed by atoms with Crippen LogP contribution in [0.1, 0.15) is 33.4 Å². The average Bonchev–Trinajstić information content (AvgIpc) is 2.20. The molecule has 0 amide bonds. The van der Waals surface area contributed by atoms with E-state index in [0.29, 0.717) is 0 Å². The third-order valence-electron chi connectivity index (χ3n) is 1.80. The molecular formula is C10H13ClFN3OS. The zero-order valence-corrected chi connectivity index (χ0v) is 11.6. The van der Waals surface area contributed by atoms with Gasteiger partial charge in [0.25, 0.3) is 0 Å². The van der Waals surface area contributed by atoms with Gasteiger partial charge in [-0.1, -0.05) is 4.40 Å². The van der Waals surface area contributed by atoms with Crippen LogP contribution in [-0.2, 0) is 11.4 Å². The minimum atomic E-state index is -1.46. The molecule has 0 saturated heterocycles. The normalized spacial score (nSPS) is 14.9. The van der Waals surface area contributed by atoms with Crippen molar-refractivity contribution >= 4 is 28.7 Å². The van der Waals surface area contributed by atoms with E-state index < -0.39 is 21.9 Å². The molecule has 1 aromatic rings. The van der Waals surface area contributed by atoms with E-state index in [4.69, 9.17) is 11.6 Å². The van der Waals surface area contributed by atoms with Crippen molar-refractivity contribution in [2.45, 2.75) is 32.4 Å². The smallest absolute Gasteiger partial charge is 0.223 e. The molecule has 7 heteroatoms. The van der Waals surface area contributed by atoms with Crippen LogP contribution in [0.3, 0.4) is 0 Å². The molecule has 0 N–H and O–H groups in total. The molecule has 0 spiro atoms. The van der Waals surface area contributed by atoms with Crippen molar-refractivity contribution in [1.29, 1.82) is 0 Å². The van der Waals surface area contributed by atoms with E-state index in [1.807, 2.05) is 0 Å². The monoisotopic (exact) mass is 277 g/mol. The molecule has 0 radical (unpaired) electrons. The molecule has 0 fully saturated rings. The summed E-state index contributed by atoms with van der Waals surface area (Å²) < 4.78 is 28.6. The van der Waals surface area contributed by atoms with Gasteiger partial charge in [-0.25, -0.2) is 14.4 Å². The van der Waals surface area contributed by atoms with Crippen LogP contribution in [0.25, 0.3) is 0 Å². The van der Waals surface area contributed by atoms with E-state index in [9.17, 15) is 8.94 Å². The van der Waals surface area contributed by atoms with Gasteiger partial charge in [-0.3, -0.25) is 0 Å². The van der Waals surface area contributed by atoms with Gasteiger partial charge in [-0.05, 0) is 39.3 Å². The van der Waals surface area contributed by atoms with Gasteiger partial charge < -0.3 is 4.55 Å². The Balaban J connectivity index is 3.08. The predicted octanol–water partition coefficient (Wildman–Crippen LogP) is 2.54. The van der Waals surface area contributed by atoms with Gasteiger partial charge in [0.1, 0.15) is 27.5 Å². The molecule has 0 unspecified atom stereocenters. The quantitative estimate of drug-likeness (QED) is 0.474. The van der Waals surface area contributed by atoms with Gasteiger partial charge in [0, 0.05) is 0 Å². The standard InChI is InChI=1S/C10H13ClFN3OS/c1-6(15-17(16)10(2,3)4)8-7(12)5-13-9(11)14-8/h5H,1-4H3/b15-6+/t17-/m1/s1. The molecule has 0 bridgehead atoms. The number of nitrogens with zero attached hydrogens (tertiary/aromatic N) is 3. The van der Waals surface area contributed by atoms with Crippen molar-refractivity contribution in [3.05, 3.63) is 23.0 Å². The fourth-order valence-corrected chi connectivity index (χ4v) is 1.65. The van der Waals surface area contributed by atoms with Gasteiger partial charge in [0.05, 0.1) is 6.20 Å². The zero-order chi connectivity index (χ0) is 13.2. The summed E-state index contributed by atoms with van der Waals surface area (Å²) in [6.07, 6.45) is 0.962. The Morgan fingerprint density at radius 3 is 2.65 bits per heavy atom. The highest BCUT2D eigenvalue weighted by Crippen LogP contribution is 2.18. The van der Waals surface area contributed by atoms with E-state index in [2.05, 4.69) is 14.4 Å². The minimum absolute atomic E-state index is 0.0254. The summed E-state index contributed by atoms with van der Waals surface area (Å²) in [6.45, 7) is 6.88. The summed E-state index contributed by atoms with van der Waals surface area (Å²) in [6, 6.07) is 0. The molecule has 1 aromatic heterocycles. The summed E-state index contributed by atoms with van der Waals surface area (Å²) >= 11 is 4.10. The number of rotatable bonds is 2. The molecule has 0 aliphatic carbocycles. The highest BCUT2D eigenvalue weighted by molar-refractivity contribution is 7.91. The van der Waals surface area contributed by atoms with E-state index in [0.717, 1.165) is 6.20 Å². The number of halogens is 2. The van der Waals surface area contributed by atoms with E-state index in [1.165, 1.54) is 6.92 Å². The molecule has 0 aliphatic heterocycles. The lowest BCUT2D eigenvalue weighted by Crippen LogP contribution is -2.27. The van der Waals surface area contributed by atoms with Crippen molar-refractivity contribution in [2.75, 3.05) is 0 Å². The Morgan fingerprint density at radius 2 is 2.12 bits per heavy atom. The van der Waals surface area contributed by atoms with Crippen molar-refractivity contribution < 1.29 is 8.94 Å². The topological polar surface area (TPSA) is 61.2 Å². The zero-order valence-electron chi connectivity index (χ0n) is 9.99. The van der Waals surface area contributed by atoms with Gasteiger partial charge >= 0.3 is 0 Å². The Labute approximate surface area is 108 Å². The summed E-state index contributed by atoms with van der Waals surface area (Å²) in [4.78, 5) is 7.22. The van der Waals surface area contributed by atoms with Crippen LogP contribution in [0.2, 0.25) is 5.28 Å². The molecule has 1 rings (SSSR count). The molecule has 4 nitrogen and oxygen atoms in total. The lowest BCUT2D eigenvalue weighted by Gasteiger charge is -2.18. The second-order valence-corrected chi connectivity index (χ2v) is 6.62. The van der Waals surface area contributed by atoms with Crippen molar-refractivity contribution in [1.82, 2.24) is 9.97 Å². The molecule has 0 saturated carbocycles. The summed E-state index contributed by atoms with van der Waals surface area (Å²) in [5.74, 6) is -0.637. The maximum absolute atomic E-state index is 13.4. The fourth-order valence-electron chi connectivity index (χ4n) is 0.904. The number of hydrogen-bond donors (Lipinski definition) is 0. The highest BCUT2D eigenvalue weighted by atomic mass is 35.5. The van der Waals surface area contributed by atoms with E-state index >= 15 is 0 Å². The minimum Gasteiger partial charge on any atom is -0.591 e. The van der Waals surface area contributed by atoms with Gasteiger partial charge in [-0.15, -0.1) is 0 Å². The third-order valence-corrected chi connectivity index (χ3v) is 3.47. The summed E-state index contributed by atoms with van der Waals surface area (Å²) in [5.41, 5.74) is 0.211. The molecule has 0 aromatic carbocycles. The summed E-state index contributed by atoms with van der Waals surface area (Å²) in [7, 11) is 0. The second-order valence-electron chi connectivity index (χ2n) is 4.37. The first-order valence-electron chi connectivity index (χ1n) is 4.87. The van der Waals surface area contributed by atoms with Crippen molar-refractivity contribution in [3.8, 4) is 0 Å². The largest absolute Gasteiger partial charge is 0.591 e. The number of hydrogen-bond acceptors (Lipinski definition) is 4. The lowest BCUT2D eigenvalue weighted by molar-refractivity contribution is 0.561. The van der Waals surface area contributed by atoms with Crippen LogP contribution in [0, 0.1) is 5.82 Å². The van der Waals surface area contributed by atoms with Crippen molar-refractivity contribution in [3.63, 3.8) is 0 Å². The first-order chi connectivity index (χ1) is 7.71. The third kappa shape index (κ3) is 3.90. The molecule has 1 heterocycles. The van der Waals surface area contributed by atoms with Gasteiger partial charge in [-0.2, -0.15) is 0 Å². The van der Waals surface area contributed by atoms with Crippen LogP contribution < -0.4 is 0 Å². The number of aromatic nitrogens is 2. The lowest BCUT2D eigenvalue weighted by atomic mass is 10.3. The molecule has 0 aliphatic rings. The molecule has 1 atom stereocenters. The Bertz CT molecular complexity index is 448. The fraction of sp³-hybridized carbons (Fsp3) is 0.500. The van der Waals surface area contributed by atoms with Gasteiger partial charge in [0.2, 0.25) is 5.28 Å². The molecule has 17 heavy (non-hydrogen) atoms. The second kappa shape index (κ2) is 5.29. The first-order valence-corrected chi connectivity index (χ1v) is 6.36. The molecular weight excluding hydrogens is 265 g/mol. The van der Waals surface area contributed by atoms with Crippen LogP contribution >= 0.6 is 11.6 Å². The maximum atomic E-state index is 13.4. The Morgan fingerprint density at radius 1 is 1.53 bits per heavy atom. The van der Waals surface area contributed by atoms with Crippen LogP contribution in [0.15, 0.2) is 10.6 Å².